The van der Waals surface area contributed by atoms with Crippen LogP contribution in [0.2, 0.25) is 5.02 Å². The van der Waals surface area contributed by atoms with Gasteiger partial charge in [0, 0.05) is 38.6 Å². The van der Waals surface area contributed by atoms with Gasteiger partial charge in [0.15, 0.2) is 10.9 Å². The molecule has 1 aliphatic rings. The van der Waals surface area contributed by atoms with Gasteiger partial charge in [-0.3, -0.25) is 19.5 Å². The fourth-order valence-corrected chi connectivity index (χ4v) is 4.51. The monoisotopic (exact) mass is 602 g/mol. The number of nitrogens with zero attached hydrogens (tertiary/aromatic N) is 6. The SMILES string of the molecule is COc1cnc(C(F)F)cc1-c1cc(N2CCOCC2=O)ncc1C(=O)[N-]c1nnc(C#Cc2ccc(Cl)cc2)s1.[Li+]. The summed E-state index contributed by atoms with van der Waals surface area (Å²) < 4.78 is 37.7. The van der Waals surface area contributed by atoms with E-state index in [9.17, 15) is 18.4 Å². The van der Waals surface area contributed by atoms with Crippen molar-refractivity contribution < 1.29 is 46.7 Å². The summed E-state index contributed by atoms with van der Waals surface area (Å²) in [4.78, 5) is 35.2. The number of amides is 2. The summed E-state index contributed by atoms with van der Waals surface area (Å²) in [6.07, 6.45) is -0.512. The second kappa shape index (κ2) is 13.8. The van der Waals surface area contributed by atoms with Crippen molar-refractivity contribution >= 4 is 45.7 Å². The summed E-state index contributed by atoms with van der Waals surface area (Å²) in [6, 6.07) is 9.48. The first kappa shape index (κ1) is 31.0. The molecule has 0 saturated carbocycles. The molecule has 5 rings (SSSR count). The topological polar surface area (TPSA) is 122 Å². The summed E-state index contributed by atoms with van der Waals surface area (Å²) in [7, 11) is 1.34. The molecule has 0 unspecified atom stereocenters. The van der Waals surface area contributed by atoms with Crippen molar-refractivity contribution in [2.24, 2.45) is 0 Å². The van der Waals surface area contributed by atoms with Gasteiger partial charge < -0.3 is 19.9 Å². The van der Waals surface area contributed by atoms with Crippen molar-refractivity contribution in [2.45, 2.75) is 6.43 Å². The predicted octanol–water partition coefficient (Wildman–Crippen LogP) is 2.21. The van der Waals surface area contributed by atoms with Crippen LogP contribution in [0.25, 0.3) is 16.4 Å². The molecule has 3 aromatic heterocycles. The average molecular weight is 603 g/mol. The second-order valence-electron chi connectivity index (χ2n) is 8.36. The first-order valence-electron chi connectivity index (χ1n) is 11.9. The summed E-state index contributed by atoms with van der Waals surface area (Å²) in [5.74, 6) is 5.01. The standard InChI is InChI=1S/C27H19ClF2N6O4S.Li/c1-39-21-13-31-20(25(29)30)10-18(21)17-11-22(36-8-9-40-14-24(36)37)32-12-19(17)26(38)33-27-35-34-23(41-27)7-4-15-2-5-16(28)6-3-15;/h2-3,5-6,10-13,25H,8-9,14H2,1H3,(H,33,35,38);/q;+1/p-1. The van der Waals surface area contributed by atoms with E-state index in [4.69, 9.17) is 21.1 Å². The average Bonchev–Trinajstić information content (AvgIpc) is 3.43. The minimum atomic E-state index is -2.88. The number of alkyl halides is 2. The van der Waals surface area contributed by atoms with E-state index in [1.807, 2.05) is 0 Å². The molecule has 208 valence electrons. The number of carbonyl (C=O) groups is 2. The van der Waals surface area contributed by atoms with Crippen molar-refractivity contribution in [2.75, 3.05) is 31.8 Å². The number of pyridine rings is 2. The summed E-state index contributed by atoms with van der Waals surface area (Å²) in [6.45, 7) is 0.373. The molecule has 0 spiro atoms. The van der Waals surface area contributed by atoms with Gasteiger partial charge in [-0.1, -0.05) is 17.5 Å². The van der Waals surface area contributed by atoms with E-state index < -0.39 is 18.0 Å². The number of morpholine rings is 1. The van der Waals surface area contributed by atoms with Crippen molar-refractivity contribution in [1.82, 2.24) is 20.2 Å². The number of hydrogen-bond acceptors (Lipinski definition) is 9. The Hall–Kier alpha value is -3.91. The number of carbonyl (C=O) groups excluding carboxylic acids is 2. The van der Waals surface area contributed by atoms with Gasteiger partial charge in [-0.25, -0.2) is 18.9 Å². The molecular formula is C27H18ClF2LiN6O4S. The van der Waals surface area contributed by atoms with Gasteiger partial charge in [0.25, 0.3) is 12.3 Å². The summed E-state index contributed by atoms with van der Waals surface area (Å²) in [5, 5.41) is 12.9. The summed E-state index contributed by atoms with van der Waals surface area (Å²) in [5.41, 5.74) is 0.459. The van der Waals surface area contributed by atoms with Crippen LogP contribution >= 0.6 is 22.9 Å². The minimum absolute atomic E-state index is 0. The fourth-order valence-electron chi connectivity index (χ4n) is 3.81. The molecule has 1 fully saturated rings. The normalized spacial score (nSPS) is 12.8. The van der Waals surface area contributed by atoms with Crippen LogP contribution in [-0.4, -0.2) is 58.8 Å². The fraction of sp³-hybridized carbons (Fsp3) is 0.185. The van der Waals surface area contributed by atoms with Crippen LogP contribution in [0, 0.1) is 11.8 Å². The Balaban J connectivity index is 0.00000405. The third-order valence-electron chi connectivity index (χ3n) is 5.77. The van der Waals surface area contributed by atoms with Crippen LogP contribution in [0.5, 0.6) is 5.75 Å². The van der Waals surface area contributed by atoms with E-state index in [2.05, 4.69) is 37.3 Å². The smallest absolute Gasteiger partial charge is 0.494 e. The molecule has 42 heavy (non-hydrogen) atoms. The third kappa shape index (κ3) is 7.10. The van der Waals surface area contributed by atoms with Crippen molar-refractivity contribution in [1.29, 1.82) is 0 Å². The van der Waals surface area contributed by atoms with Crippen LogP contribution in [0.3, 0.4) is 0 Å². The number of benzene rings is 1. The first-order chi connectivity index (χ1) is 19.8. The molecular weight excluding hydrogens is 585 g/mol. The largest absolute Gasteiger partial charge is 1.00 e. The van der Waals surface area contributed by atoms with Gasteiger partial charge in [-0.15, -0.1) is 11.3 Å². The molecule has 1 saturated heterocycles. The number of methoxy groups -OCH3 is 1. The second-order valence-corrected chi connectivity index (χ2v) is 9.75. The molecule has 4 aromatic rings. The molecule has 4 heterocycles. The van der Waals surface area contributed by atoms with Gasteiger partial charge in [0.05, 0.1) is 26.5 Å². The zero-order valence-corrected chi connectivity index (χ0v) is 23.7. The number of aromatic nitrogens is 4. The molecule has 1 aliphatic heterocycles. The van der Waals surface area contributed by atoms with E-state index in [1.165, 1.54) is 24.3 Å². The zero-order chi connectivity index (χ0) is 28.9. The molecule has 2 amide bonds. The van der Waals surface area contributed by atoms with Gasteiger partial charge in [0.1, 0.15) is 23.9 Å². The Morgan fingerprint density at radius 1 is 1.14 bits per heavy atom. The molecule has 0 N–H and O–H groups in total. The number of ether oxygens (including phenoxy) is 2. The van der Waals surface area contributed by atoms with E-state index in [0.717, 1.165) is 23.6 Å². The number of hydrogen-bond donors (Lipinski definition) is 0. The van der Waals surface area contributed by atoms with E-state index in [1.54, 1.807) is 24.3 Å². The van der Waals surface area contributed by atoms with Crippen LogP contribution in [0.1, 0.15) is 33.0 Å². The molecule has 0 bridgehead atoms. The maximum absolute atomic E-state index is 13.6. The van der Waals surface area contributed by atoms with Crippen LogP contribution < -0.4 is 28.5 Å². The van der Waals surface area contributed by atoms with Crippen LogP contribution in [-0.2, 0) is 9.53 Å². The molecule has 0 radical (unpaired) electrons. The van der Waals surface area contributed by atoms with Crippen LogP contribution in [0.15, 0.2) is 48.8 Å². The van der Waals surface area contributed by atoms with Crippen molar-refractivity contribution in [3.05, 3.63) is 81.0 Å². The maximum atomic E-state index is 13.6. The van der Waals surface area contributed by atoms with E-state index in [-0.39, 0.29) is 77.9 Å². The van der Waals surface area contributed by atoms with E-state index in [0.29, 0.717) is 15.6 Å². The molecule has 0 atom stereocenters. The molecule has 10 nitrogen and oxygen atoms in total. The molecule has 0 aliphatic carbocycles. The van der Waals surface area contributed by atoms with Gasteiger partial charge >= 0.3 is 18.9 Å². The minimum Gasteiger partial charge on any atom is -0.494 e. The Morgan fingerprint density at radius 3 is 2.64 bits per heavy atom. The molecule has 15 heteroatoms. The number of halogens is 3. The Kier molecular flexibility index (Phi) is 10.2. The number of rotatable bonds is 6. The summed E-state index contributed by atoms with van der Waals surface area (Å²) >= 11 is 6.88. The predicted molar refractivity (Wildman–Crippen MR) is 147 cm³/mol. The maximum Gasteiger partial charge on any atom is 1.00 e. The quantitative estimate of drug-likeness (QED) is 0.243. The Morgan fingerprint density at radius 2 is 1.93 bits per heavy atom. The van der Waals surface area contributed by atoms with Crippen molar-refractivity contribution in [3.63, 3.8) is 0 Å². The van der Waals surface area contributed by atoms with E-state index >= 15 is 0 Å². The molecule has 1 aromatic carbocycles. The number of anilines is 1. The van der Waals surface area contributed by atoms with Gasteiger partial charge in [0.2, 0.25) is 0 Å². The first-order valence-corrected chi connectivity index (χ1v) is 13.1. The third-order valence-corrected chi connectivity index (χ3v) is 6.76. The zero-order valence-electron chi connectivity index (χ0n) is 22.2. The van der Waals surface area contributed by atoms with Gasteiger partial charge in [-0.2, -0.15) is 0 Å². The Bertz CT molecular complexity index is 1680. The van der Waals surface area contributed by atoms with Crippen molar-refractivity contribution in [3.8, 4) is 28.7 Å². The van der Waals surface area contributed by atoms with Crippen LogP contribution in [0.4, 0.5) is 19.7 Å². The Labute approximate surface area is 259 Å². The van der Waals surface area contributed by atoms with Gasteiger partial charge in [-0.05, 0) is 42.3 Å².